The summed E-state index contributed by atoms with van der Waals surface area (Å²) in [6.07, 6.45) is 2.01. The molecule has 0 saturated heterocycles. The average molecular weight is 254 g/mol. The highest BCUT2D eigenvalue weighted by Gasteiger charge is 2.05. The third-order valence-corrected chi connectivity index (χ3v) is 3.37. The number of nitrogen functional groups attached to an aromatic ring is 1. The third-order valence-electron chi connectivity index (χ3n) is 3.37. The summed E-state index contributed by atoms with van der Waals surface area (Å²) >= 11 is 0. The summed E-state index contributed by atoms with van der Waals surface area (Å²) in [4.78, 5) is 0. The number of aryl methyl sites for hydroxylation is 1. The molecule has 0 atom stereocenters. The first-order valence-electron chi connectivity index (χ1n) is 6.23. The first kappa shape index (κ1) is 11.8. The minimum atomic E-state index is -0.253. The Labute approximate surface area is 111 Å². The molecule has 19 heavy (non-hydrogen) atoms. The molecule has 0 amide bonds. The second-order valence-electron chi connectivity index (χ2n) is 4.85. The molecule has 2 N–H and O–H groups in total. The molecule has 0 unspecified atom stereocenters. The van der Waals surface area contributed by atoms with E-state index in [1.165, 1.54) is 23.1 Å². The molecule has 1 heterocycles. The minimum absolute atomic E-state index is 0.253. The maximum atomic E-state index is 13.3. The Kier molecular flexibility index (Phi) is 2.75. The van der Waals surface area contributed by atoms with Crippen molar-refractivity contribution >= 4 is 16.6 Å². The Morgan fingerprint density at radius 1 is 1.11 bits per heavy atom. The fourth-order valence-corrected chi connectivity index (χ4v) is 2.35. The summed E-state index contributed by atoms with van der Waals surface area (Å²) in [7, 11) is 0. The van der Waals surface area contributed by atoms with Crippen LogP contribution in [0.15, 0.2) is 48.7 Å². The van der Waals surface area contributed by atoms with Crippen LogP contribution in [0.3, 0.4) is 0 Å². The zero-order valence-corrected chi connectivity index (χ0v) is 10.7. The quantitative estimate of drug-likeness (QED) is 0.694. The molecule has 2 aromatic carbocycles. The molecule has 0 aliphatic rings. The number of fused-ring (bicyclic) bond motifs is 1. The van der Waals surface area contributed by atoms with Crippen LogP contribution in [0.2, 0.25) is 0 Å². The van der Waals surface area contributed by atoms with Crippen molar-refractivity contribution in [1.29, 1.82) is 0 Å². The van der Waals surface area contributed by atoms with Crippen molar-refractivity contribution in [2.75, 3.05) is 5.73 Å². The molecule has 96 valence electrons. The molecule has 0 aliphatic carbocycles. The molecule has 0 aliphatic heterocycles. The predicted molar refractivity (Wildman–Crippen MR) is 76.6 cm³/mol. The van der Waals surface area contributed by atoms with E-state index in [1.807, 2.05) is 6.20 Å². The van der Waals surface area contributed by atoms with Gasteiger partial charge >= 0.3 is 0 Å². The van der Waals surface area contributed by atoms with E-state index in [4.69, 9.17) is 5.73 Å². The van der Waals surface area contributed by atoms with Gasteiger partial charge < -0.3 is 10.3 Å². The fourth-order valence-electron chi connectivity index (χ4n) is 2.35. The fraction of sp³-hybridized carbons (Fsp3) is 0.125. The smallest absolute Gasteiger partial charge is 0.123 e. The largest absolute Gasteiger partial charge is 0.398 e. The lowest BCUT2D eigenvalue weighted by molar-refractivity contribution is 0.624. The Bertz CT molecular complexity index is 744. The molecule has 0 saturated carbocycles. The molecule has 3 heteroatoms. The standard InChI is InChI=1S/C16H15FN2/c1-11-2-5-16-12(8-11)6-7-19(16)10-13-9-14(17)3-4-15(13)18/h2-9H,10,18H2,1H3. The normalized spacial score (nSPS) is 11.1. The van der Waals surface area contributed by atoms with Gasteiger partial charge in [-0.2, -0.15) is 0 Å². The van der Waals surface area contributed by atoms with Crippen molar-refractivity contribution in [3.63, 3.8) is 0 Å². The van der Waals surface area contributed by atoms with Crippen LogP contribution in [0.1, 0.15) is 11.1 Å². The Hall–Kier alpha value is -2.29. The lowest BCUT2D eigenvalue weighted by Gasteiger charge is -2.09. The van der Waals surface area contributed by atoms with Gasteiger partial charge in [-0.3, -0.25) is 0 Å². The summed E-state index contributed by atoms with van der Waals surface area (Å²) in [5, 5.41) is 1.19. The molecule has 0 fully saturated rings. The zero-order chi connectivity index (χ0) is 13.4. The lowest BCUT2D eigenvalue weighted by atomic mass is 10.1. The van der Waals surface area contributed by atoms with Crippen LogP contribution in [-0.4, -0.2) is 4.57 Å². The van der Waals surface area contributed by atoms with Gasteiger partial charge in [0, 0.05) is 23.9 Å². The van der Waals surface area contributed by atoms with Crippen LogP contribution < -0.4 is 5.73 Å². The van der Waals surface area contributed by atoms with Gasteiger partial charge in [0.25, 0.3) is 0 Å². The molecule has 3 aromatic rings. The van der Waals surface area contributed by atoms with E-state index < -0.39 is 0 Å². The molecule has 1 aromatic heterocycles. The molecule has 3 rings (SSSR count). The third kappa shape index (κ3) is 2.19. The SMILES string of the molecule is Cc1ccc2c(ccn2Cc2cc(F)ccc2N)c1. The highest BCUT2D eigenvalue weighted by atomic mass is 19.1. The van der Waals surface area contributed by atoms with Gasteiger partial charge in [0.15, 0.2) is 0 Å². The molecule has 2 nitrogen and oxygen atoms in total. The first-order valence-corrected chi connectivity index (χ1v) is 6.23. The average Bonchev–Trinajstić information content (AvgIpc) is 2.76. The van der Waals surface area contributed by atoms with Crippen LogP contribution in [0.5, 0.6) is 0 Å². The second kappa shape index (κ2) is 4.43. The number of rotatable bonds is 2. The number of aromatic nitrogens is 1. The van der Waals surface area contributed by atoms with E-state index in [-0.39, 0.29) is 5.82 Å². The summed E-state index contributed by atoms with van der Waals surface area (Å²) in [6, 6.07) is 12.9. The van der Waals surface area contributed by atoms with Gasteiger partial charge in [-0.1, -0.05) is 11.6 Å². The van der Waals surface area contributed by atoms with Gasteiger partial charge in [-0.25, -0.2) is 4.39 Å². The van der Waals surface area contributed by atoms with E-state index in [1.54, 1.807) is 6.07 Å². The van der Waals surface area contributed by atoms with Crippen LogP contribution in [0, 0.1) is 12.7 Å². The van der Waals surface area contributed by atoms with E-state index in [0.29, 0.717) is 12.2 Å². The van der Waals surface area contributed by atoms with Crippen LogP contribution in [0.25, 0.3) is 10.9 Å². The van der Waals surface area contributed by atoms with Crippen molar-refractivity contribution in [2.24, 2.45) is 0 Å². The van der Waals surface area contributed by atoms with E-state index in [0.717, 1.165) is 11.1 Å². The number of benzene rings is 2. The Balaban J connectivity index is 2.03. The zero-order valence-electron chi connectivity index (χ0n) is 10.7. The summed E-state index contributed by atoms with van der Waals surface area (Å²) in [6.45, 7) is 2.65. The van der Waals surface area contributed by atoms with Gasteiger partial charge in [-0.05, 0) is 54.3 Å². The van der Waals surface area contributed by atoms with Crippen molar-refractivity contribution in [3.05, 3.63) is 65.6 Å². The summed E-state index contributed by atoms with van der Waals surface area (Å²) < 4.78 is 15.4. The van der Waals surface area contributed by atoms with E-state index >= 15 is 0 Å². The van der Waals surface area contributed by atoms with E-state index in [2.05, 4.69) is 35.8 Å². The van der Waals surface area contributed by atoms with Gasteiger partial charge in [-0.15, -0.1) is 0 Å². The van der Waals surface area contributed by atoms with Crippen molar-refractivity contribution in [1.82, 2.24) is 4.57 Å². The lowest BCUT2D eigenvalue weighted by Crippen LogP contribution is -2.02. The molecular weight excluding hydrogens is 239 g/mol. The maximum Gasteiger partial charge on any atom is 0.123 e. The number of hydrogen-bond acceptors (Lipinski definition) is 1. The molecule has 0 bridgehead atoms. The number of hydrogen-bond donors (Lipinski definition) is 1. The highest BCUT2D eigenvalue weighted by Crippen LogP contribution is 2.21. The number of anilines is 1. The second-order valence-corrected chi connectivity index (χ2v) is 4.85. The van der Waals surface area contributed by atoms with Gasteiger partial charge in [0.1, 0.15) is 5.82 Å². The number of nitrogens with two attached hydrogens (primary N) is 1. The highest BCUT2D eigenvalue weighted by molar-refractivity contribution is 5.81. The predicted octanol–water partition coefficient (Wildman–Crippen LogP) is 3.72. The Morgan fingerprint density at radius 2 is 1.95 bits per heavy atom. The minimum Gasteiger partial charge on any atom is -0.398 e. The molecule has 0 radical (unpaired) electrons. The summed E-state index contributed by atoms with van der Waals surface area (Å²) in [5.41, 5.74) is 9.68. The topological polar surface area (TPSA) is 30.9 Å². The van der Waals surface area contributed by atoms with Gasteiger partial charge in [0.05, 0.1) is 0 Å². The van der Waals surface area contributed by atoms with Crippen LogP contribution in [0.4, 0.5) is 10.1 Å². The molecule has 0 spiro atoms. The van der Waals surface area contributed by atoms with Crippen LogP contribution >= 0.6 is 0 Å². The first-order chi connectivity index (χ1) is 9.13. The number of nitrogens with zero attached hydrogens (tertiary/aromatic N) is 1. The maximum absolute atomic E-state index is 13.3. The molecular formula is C16H15FN2. The Morgan fingerprint density at radius 3 is 2.79 bits per heavy atom. The summed E-state index contributed by atoms with van der Waals surface area (Å²) in [5.74, 6) is -0.253. The van der Waals surface area contributed by atoms with Crippen molar-refractivity contribution in [3.8, 4) is 0 Å². The van der Waals surface area contributed by atoms with Crippen molar-refractivity contribution in [2.45, 2.75) is 13.5 Å². The monoisotopic (exact) mass is 254 g/mol. The number of halogens is 1. The van der Waals surface area contributed by atoms with Crippen LogP contribution in [-0.2, 0) is 6.54 Å². The van der Waals surface area contributed by atoms with Gasteiger partial charge in [0.2, 0.25) is 0 Å². The van der Waals surface area contributed by atoms with E-state index in [9.17, 15) is 4.39 Å². The van der Waals surface area contributed by atoms with Crippen molar-refractivity contribution < 1.29 is 4.39 Å².